The quantitative estimate of drug-likeness (QED) is 0.888. The highest BCUT2D eigenvalue weighted by atomic mass is 16.5. The number of hydrogen-bond acceptors (Lipinski definition) is 4. The number of nitrogens with one attached hydrogen (secondary N) is 1. The summed E-state index contributed by atoms with van der Waals surface area (Å²) in [5.74, 6) is 2.05. The van der Waals surface area contributed by atoms with Crippen molar-refractivity contribution in [3.8, 4) is 0 Å². The van der Waals surface area contributed by atoms with E-state index in [0.717, 1.165) is 44.1 Å². The highest BCUT2D eigenvalue weighted by Crippen LogP contribution is 2.17. The van der Waals surface area contributed by atoms with Gasteiger partial charge in [-0.3, -0.25) is 4.90 Å². The number of nitrogens with zero attached hydrogens (tertiary/aromatic N) is 1. The number of rotatable bonds is 5. The van der Waals surface area contributed by atoms with Crippen LogP contribution in [0.1, 0.15) is 38.7 Å². The first kappa shape index (κ1) is 14.6. The van der Waals surface area contributed by atoms with E-state index < -0.39 is 0 Å². The molecular weight excluding hydrogens is 240 g/mol. The van der Waals surface area contributed by atoms with E-state index >= 15 is 0 Å². The number of methoxy groups -OCH3 is 1. The lowest BCUT2D eigenvalue weighted by atomic mass is 10.1. The minimum atomic E-state index is 0.119. The highest BCUT2D eigenvalue weighted by molar-refractivity contribution is 5.07. The molecule has 1 unspecified atom stereocenters. The van der Waals surface area contributed by atoms with E-state index in [-0.39, 0.29) is 5.54 Å². The molecular formula is C15H26N2O2. The first-order valence-electron chi connectivity index (χ1n) is 7.04. The molecule has 0 spiro atoms. The number of likely N-dealkylation sites (tertiary alicyclic amines) is 1. The van der Waals surface area contributed by atoms with Crippen molar-refractivity contribution in [2.75, 3.05) is 20.2 Å². The van der Waals surface area contributed by atoms with E-state index in [2.05, 4.69) is 43.1 Å². The highest BCUT2D eigenvalue weighted by Gasteiger charge is 2.22. The number of furan rings is 1. The van der Waals surface area contributed by atoms with Crippen molar-refractivity contribution in [3.05, 3.63) is 23.7 Å². The molecule has 1 aromatic rings. The first-order chi connectivity index (χ1) is 8.96. The molecule has 1 fully saturated rings. The van der Waals surface area contributed by atoms with Crippen LogP contribution < -0.4 is 5.32 Å². The molecule has 0 amide bonds. The van der Waals surface area contributed by atoms with Crippen molar-refractivity contribution in [2.45, 2.75) is 51.9 Å². The van der Waals surface area contributed by atoms with Crippen LogP contribution in [0.15, 0.2) is 16.5 Å². The average molecular weight is 266 g/mol. The Balaban J connectivity index is 1.81. The van der Waals surface area contributed by atoms with Crippen LogP contribution in [0.2, 0.25) is 0 Å². The molecule has 1 atom stereocenters. The lowest BCUT2D eigenvalue weighted by Crippen LogP contribution is -2.34. The summed E-state index contributed by atoms with van der Waals surface area (Å²) in [7, 11) is 1.79. The standard InChI is InChI=1S/C15H26N2O2/c1-15(2,3)16-9-12-5-6-14(19-12)11-17-8-7-13(10-17)18-4/h5-6,13,16H,7-11H2,1-4H3. The number of hydrogen-bond donors (Lipinski definition) is 1. The molecule has 1 aliphatic heterocycles. The van der Waals surface area contributed by atoms with Gasteiger partial charge in [-0.1, -0.05) is 0 Å². The van der Waals surface area contributed by atoms with Crippen molar-refractivity contribution in [1.29, 1.82) is 0 Å². The Kier molecular flexibility index (Phi) is 4.66. The number of ether oxygens (including phenoxy) is 1. The molecule has 0 radical (unpaired) electrons. The van der Waals surface area contributed by atoms with Crippen LogP contribution in [0.25, 0.3) is 0 Å². The molecule has 0 aromatic carbocycles. The van der Waals surface area contributed by atoms with Crippen molar-refractivity contribution < 1.29 is 9.15 Å². The summed E-state index contributed by atoms with van der Waals surface area (Å²) in [5.41, 5.74) is 0.119. The summed E-state index contributed by atoms with van der Waals surface area (Å²) < 4.78 is 11.2. The van der Waals surface area contributed by atoms with Crippen molar-refractivity contribution in [3.63, 3.8) is 0 Å². The summed E-state index contributed by atoms with van der Waals surface area (Å²) in [6, 6.07) is 4.15. The molecule has 4 nitrogen and oxygen atoms in total. The van der Waals surface area contributed by atoms with Gasteiger partial charge in [-0.25, -0.2) is 0 Å². The van der Waals surface area contributed by atoms with Crippen molar-refractivity contribution in [1.82, 2.24) is 10.2 Å². The maximum absolute atomic E-state index is 5.86. The van der Waals surface area contributed by atoms with Gasteiger partial charge in [0.2, 0.25) is 0 Å². The predicted molar refractivity (Wildman–Crippen MR) is 76.0 cm³/mol. The van der Waals surface area contributed by atoms with Gasteiger partial charge in [0.25, 0.3) is 0 Å². The van der Waals surface area contributed by atoms with Crippen LogP contribution in [-0.4, -0.2) is 36.7 Å². The second-order valence-electron chi connectivity index (χ2n) is 6.35. The first-order valence-corrected chi connectivity index (χ1v) is 7.04. The molecule has 1 aromatic heterocycles. The van der Waals surface area contributed by atoms with Gasteiger partial charge in [-0.15, -0.1) is 0 Å². The third kappa shape index (κ3) is 4.64. The van der Waals surface area contributed by atoms with Crippen LogP contribution in [0.3, 0.4) is 0 Å². The van der Waals surface area contributed by atoms with Gasteiger partial charge in [0.05, 0.1) is 19.2 Å². The van der Waals surface area contributed by atoms with E-state index in [0.29, 0.717) is 6.10 Å². The third-order valence-electron chi connectivity index (χ3n) is 3.45. The largest absolute Gasteiger partial charge is 0.463 e. The van der Waals surface area contributed by atoms with Gasteiger partial charge in [0, 0.05) is 25.7 Å². The van der Waals surface area contributed by atoms with Gasteiger partial charge in [0.1, 0.15) is 11.5 Å². The minimum Gasteiger partial charge on any atom is -0.463 e. The second-order valence-corrected chi connectivity index (χ2v) is 6.35. The zero-order chi connectivity index (χ0) is 13.9. The van der Waals surface area contributed by atoms with Crippen molar-refractivity contribution >= 4 is 0 Å². The fraction of sp³-hybridized carbons (Fsp3) is 0.733. The van der Waals surface area contributed by atoms with E-state index in [9.17, 15) is 0 Å². The zero-order valence-electron chi connectivity index (χ0n) is 12.5. The fourth-order valence-electron chi connectivity index (χ4n) is 2.31. The van der Waals surface area contributed by atoms with Crippen LogP contribution in [0.4, 0.5) is 0 Å². The van der Waals surface area contributed by atoms with Gasteiger partial charge >= 0.3 is 0 Å². The summed E-state index contributed by atoms with van der Waals surface area (Å²) >= 11 is 0. The van der Waals surface area contributed by atoms with E-state index in [4.69, 9.17) is 9.15 Å². The molecule has 0 saturated carbocycles. The predicted octanol–water partition coefficient (Wildman–Crippen LogP) is 2.39. The summed E-state index contributed by atoms with van der Waals surface area (Å²) in [6.07, 6.45) is 1.51. The maximum Gasteiger partial charge on any atom is 0.118 e. The minimum absolute atomic E-state index is 0.119. The summed E-state index contributed by atoms with van der Waals surface area (Å²) in [4.78, 5) is 2.38. The smallest absolute Gasteiger partial charge is 0.118 e. The molecule has 19 heavy (non-hydrogen) atoms. The Morgan fingerprint density at radius 2 is 2.11 bits per heavy atom. The van der Waals surface area contributed by atoms with Crippen LogP contribution in [0.5, 0.6) is 0 Å². The van der Waals surface area contributed by atoms with E-state index in [1.165, 1.54) is 0 Å². The molecule has 0 aliphatic carbocycles. The summed E-state index contributed by atoms with van der Waals surface area (Å²) in [5, 5.41) is 3.43. The molecule has 108 valence electrons. The lowest BCUT2D eigenvalue weighted by Gasteiger charge is -2.19. The molecule has 4 heteroatoms. The van der Waals surface area contributed by atoms with Crippen molar-refractivity contribution in [2.24, 2.45) is 0 Å². The Morgan fingerprint density at radius 3 is 2.74 bits per heavy atom. The lowest BCUT2D eigenvalue weighted by molar-refractivity contribution is 0.106. The normalized spacial score (nSPS) is 21.2. The fourth-order valence-corrected chi connectivity index (χ4v) is 2.31. The van der Waals surface area contributed by atoms with E-state index in [1.807, 2.05) is 0 Å². The molecule has 0 bridgehead atoms. The molecule has 2 rings (SSSR count). The van der Waals surface area contributed by atoms with Gasteiger partial charge in [-0.2, -0.15) is 0 Å². The van der Waals surface area contributed by atoms with Gasteiger partial charge < -0.3 is 14.5 Å². The Hall–Kier alpha value is -0.840. The molecule has 1 saturated heterocycles. The van der Waals surface area contributed by atoms with Gasteiger partial charge in [0.15, 0.2) is 0 Å². The van der Waals surface area contributed by atoms with Crippen LogP contribution >= 0.6 is 0 Å². The summed E-state index contributed by atoms with van der Waals surface area (Å²) in [6.45, 7) is 10.2. The molecule has 1 N–H and O–H groups in total. The zero-order valence-corrected chi connectivity index (χ0v) is 12.5. The Morgan fingerprint density at radius 1 is 1.37 bits per heavy atom. The molecule has 1 aliphatic rings. The van der Waals surface area contributed by atoms with Gasteiger partial charge in [-0.05, 0) is 39.3 Å². The topological polar surface area (TPSA) is 37.6 Å². The molecule has 2 heterocycles. The second kappa shape index (κ2) is 6.07. The van der Waals surface area contributed by atoms with Crippen LogP contribution in [-0.2, 0) is 17.8 Å². The van der Waals surface area contributed by atoms with E-state index in [1.54, 1.807) is 7.11 Å². The maximum atomic E-state index is 5.86. The monoisotopic (exact) mass is 266 g/mol. The third-order valence-corrected chi connectivity index (χ3v) is 3.45. The Bertz CT molecular complexity index is 395. The SMILES string of the molecule is COC1CCN(Cc2ccc(CNC(C)(C)C)o2)C1. The van der Waals surface area contributed by atoms with Crippen LogP contribution in [0, 0.1) is 0 Å². The average Bonchev–Trinajstić information content (AvgIpc) is 2.95. The Labute approximate surface area is 116 Å².